The summed E-state index contributed by atoms with van der Waals surface area (Å²) in [5, 5.41) is 19.2. The Labute approximate surface area is 101 Å². The van der Waals surface area contributed by atoms with Crippen LogP contribution in [-0.2, 0) is 19.0 Å². The van der Waals surface area contributed by atoms with Gasteiger partial charge in [-0.25, -0.2) is 0 Å². The fourth-order valence-electron chi connectivity index (χ4n) is 1.50. The Morgan fingerprint density at radius 1 is 1.11 bits per heavy atom. The summed E-state index contributed by atoms with van der Waals surface area (Å²) in [7, 11) is 0. The fourth-order valence-corrected chi connectivity index (χ4v) is 1.50. The van der Waals surface area contributed by atoms with E-state index in [1.54, 1.807) is 0 Å². The van der Waals surface area contributed by atoms with Gasteiger partial charge in [0.25, 0.3) is 5.69 Å². The molecule has 0 bridgehead atoms. The molecule has 0 spiro atoms. The number of halogens is 6. The first-order valence-corrected chi connectivity index (χ1v) is 4.55. The van der Waals surface area contributed by atoms with Crippen LogP contribution in [0.25, 0.3) is 0 Å². The van der Waals surface area contributed by atoms with E-state index in [4.69, 9.17) is 5.11 Å². The molecule has 10 heteroatoms. The van der Waals surface area contributed by atoms with Crippen molar-refractivity contribution >= 4 is 5.69 Å². The molecular weight excluding hydrogens is 284 g/mol. The summed E-state index contributed by atoms with van der Waals surface area (Å²) in [5.41, 5.74) is -7.20. The average molecular weight is 289 g/mol. The van der Waals surface area contributed by atoms with Gasteiger partial charge in [-0.2, -0.15) is 26.3 Å². The van der Waals surface area contributed by atoms with E-state index in [-0.39, 0.29) is 6.07 Å². The zero-order chi connectivity index (χ0) is 15.0. The number of benzene rings is 1. The maximum absolute atomic E-state index is 12.6. The second-order valence-corrected chi connectivity index (χ2v) is 3.41. The van der Waals surface area contributed by atoms with E-state index in [2.05, 4.69) is 0 Å². The van der Waals surface area contributed by atoms with Crippen LogP contribution in [-0.4, -0.2) is 10.0 Å². The van der Waals surface area contributed by atoms with Gasteiger partial charge in [0.2, 0.25) is 0 Å². The van der Waals surface area contributed by atoms with Crippen molar-refractivity contribution in [2.75, 3.05) is 0 Å². The van der Waals surface area contributed by atoms with Crippen LogP contribution in [0.4, 0.5) is 32.0 Å². The van der Waals surface area contributed by atoms with Crippen LogP contribution in [0.1, 0.15) is 16.7 Å². The molecule has 0 heterocycles. The predicted octanol–water partition coefficient (Wildman–Crippen LogP) is 3.12. The number of nitro benzene ring substituents is 1. The number of rotatable bonds is 2. The summed E-state index contributed by atoms with van der Waals surface area (Å²) < 4.78 is 75.4. The number of nitro groups is 1. The molecule has 0 unspecified atom stereocenters. The van der Waals surface area contributed by atoms with Crippen molar-refractivity contribution in [3.63, 3.8) is 0 Å². The van der Waals surface area contributed by atoms with E-state index in [0.29, 0.717) is 6.07 Å². The van der Waals surface area contributed by atoms with Crippen LogP contribution in [0.2, 0.25) is 0 Å². The molecule has 0 aliphatic rings. The summed E-state index contributed by atoms with van der Waals surface area (Å²) in [6.07, 6.45) is -10.7. The average Bonchev–Trinajstić information content (AvgIpc) is 2.24. The Kier molecular flexibility index (Phi) is 3.75. The Bertz CT molecular complexity index is 508. The molecule has 1 aromatic carbocycles. The van der Waals surface area contributed by atoms with Gasteiger partial charge in [0, 0.05) is 0 Å². The minimum absolute atomic E-state index is 0.138. The first-order chi connectivity index (χ1) is 8.50. The van der Waals surface area contributed by atoms with Gasteiger partial charge in [-0.1, -0.05) is 6.07 Å². The fraction of sp³-hybridized carbons (Fsp3) is 0.333. The number of hydrogen-bond acceptors (Lipinski definition) is 3. The second kappa shape index (κ2) is 4.68. The van der Waals surface area contributed by atoms with E-state index in [1.165, 1.54) is 0 Å². The van der Waals surface area contributed by atoms with Crippen LogP contribution in [0, 0.1) is 10.1 Å². The highest BCUT2D eigenvalue weighted by molar-refractivity contribution is 5.54. The minimum Gasteiger partial charge on any atom is -0.392 e. The zero-order valence-electron chi connectivity index (χ0n) is 8.84. The molecule has 0 aliphatic carbocycles. The quantitative estimate of drug-likeness (QED) is 0.517. The highest BCUT2D eigenvalue weighted by Gasteiger charge is 2.47. The normalized spacial score (nSPS) is 12.6. The Hall–Kier alpha value is -1.84. The van der Waals surface area contributed by atoms with Crippen molar-refractivity contribution in [1.29, 1.82) is 0 Å². The first-order valence-electron chi connectivity index (χ1n) is 4.55. The Morgan fingerprint density at radius 2 is 1.63 bits per heavy atom. The van der Waals surface area contributed by atoms with Gasteiger partial charge in [-0.05, 0) is 11.6 Å². The monoisotopic (exact) mass is 289 g/mol. The largest absolute Gasteiger partial charge is 0.423 e. The van der Waals surface area contributed by atoms with Crippen LogP contribution >= 0.6 is 0 Å². The Morgan fingerprint density at radius 3 is 1.95 bits per heavy atom. The van der Waals surface area contributed by atoms with Crippen molar-refractivity contribution in [3.8, 4) is 0 Å². The number of hydrogen-bond donors (Lipinski definition) is 1. The zero-order valence-corrected chi connectivity index (χ0v) is 8.84. The van der Waals surface area contributed by atoms with Gasteiger partial charge in [0.05, 0.1) is 11.5 Å². The SMILES string of the molecule is O=[N+]([O-])c1c(C(F)(F)F)ccc(CO)c1C(F)(F)F. The molecule has 1 aromatic rings. The standard InChI is InChI=1S/C9H5F6NO3/c10-8(11,12)5-2-1-4(3-17)6(9(13,14)15)7(5)16(18)19/h1-2,17H,3H2. The molecule has 1 N–H and O–H groups in total. The van der Waals surface area contributed by atoms with Crippen molar-refractivity contribution in [2.45, 2.75) is 19.0 Å². The summed E-state index contributed by atoms with van der Waals surface area (Å²) in [6.45, 7) is -1.27. The van der Waals surface area contributed by atoms with Crippen molar-refractivity contribution in [2.24, 2.45) is 0 Å². The lowest BCUT2D eigenvalue weighted by Crippen LogP contribution is -2.18. The smallest absolute Gasteiger partial charge is 0.392 e. The second-order valence-electron chi connectivity index (χ2n) is 3.41. The molecular formula is C9H5F6NO3. The number of alkyl halides is 6. The van der Waals surface area contributed by atoms with Crippen molar-refractivity contribution in [1.82, 2.24) is 0 Å². The third-order valence-electron chi connectivity index (χ3n) is 2.21. The highest BCUT2D eigenvalue weighted by Crippen LogP contribution is 2.45. The molecule has 0 radical (unpaired) electrons. The van der Waals surface area contributed by atoms with Gasteiger partial charge in [0.1, 0.15) is 11.1 Å². The van der Waals surface area contributed by atoms with Crippen molar-refractivity contribution in [3.05, 3.63) is 38.9 Å². The van der Waals surface area contributed by atoms with E-state index in [0.717, 1.165) is 0 Å². The third-order valence-corrected chi connectivity index (χ3v) is 2.21. The van der Waals surface area contributed by atoms with Gasteiger partial charge in [0.15, 0.2) is 0 Å². The number of nitrogens with zero attached hydrogens (tertiary/aromatic N) is 1. The molecule has 106 valence electrons. The molecule has 0 saturated heterocycles. The van der Waals surface area contributed by atoms with Gasteiger partial charge in [-0.15, -0.1) is 0 Å². The predicted molar refractivity (Wildman–Crippen MR) is 49.0 cm³/mol. The number of aliphatic hydroxyl groups is 1. The van der Waals surface area contributed by atoms with Crippen LogP contribution in [0.5, 0.6) is 0 Å². The molecule has 4 nitrogen and oxygen atoms in total. The van der Waals surface area contributed by atoms with E-state index >= 15 is 0 Å². The minimum atomic E-state index is -5.39. The summed E-state index contributed by atoms with van der Waals surface area (Å²) >= 11 is 0. The lowest BCUT2D eigenvalue weighted by atomic mass is 10.0. The summed E-state index contributed by atoms with van der Waals surface area (Å²) in [5.74, 6) is 0. The van der Waals surface area contributed by atoms with E-state index in [9.17, 15) is 36.5 Å². The van der Waals surface area contributed by atoms with Gasteiger partial charge >= 0.3 is 12.4 Å². The Balaban J connectivity index is 3.79. The van der Waals surface area contributed by atoms with Crippen LogP contribution < -0.4 is 0 Å². The molecule has 0 atom stereocenters. The molecule has 19 heavy (non-hydrogen) atoms. The van der Waals surface area contributed by atoms with Crippen LogP contribution in [0.15, 0.2) is 12.1 Å². The molecule has 1 rings (SSSR count). The van der Waals surface area contributed by atoms with Crippen molar-refractivity contribution < 1.29 is 36.4 Å². The van der Waals surface area contributed by atoms with Gasteiger partial charge in [-0.3, -0.25) is 10.1 Å². The number of aliphatic hydroxyl groups excluding tert-OH is 1. The topological polar surface area (TPSA) is 63.4 Å². The molecule has 0 amide bonds. The van der Waals surface area contributed by atoms with Crippen LogP contribution in [0.3, 0.4) is 0 Å². The third kappa shape index (κ3) is 2.95. The lowest BCUT2D eigenvalue weighted by molar-refractivity contribution is -0.391. The molecule has 0 aromatic heterocycles. The first kappa shape index (κ1) is 15.2. The maximum atomic E-state index is 12.6. The maximum Gasteiger partial charge on any atom is 0.423 e. The molecule has 0 fully saturated rings. The molecule has 0 saturated carbocycles. The lowest BCUT2D eigenvalue weighted by Gasteiger charge is -2.15. The van der Waals surface area contributed by atoms with E-state index < -0.39 is 46.3 Å². The highest BCUT2D eigenvalue weighted by atomic mass is 19.4. The summed E-state index contributed by atoms with van der Waals surface area (Å²) in [6, 6.07) is 0.498. The summed E-state index contributed by atoms with van der Waals surface area (Å²) in [4.78, 5) is 8.77. The molecule has 0 aliphatic heterocycles. The van der Waals surface area contributed by atoms with Gasteiger partial charge < -0.3 is 5.11 Å². The van der Waals surface area contributed by atoms with E-state index in [1.807, 2.05) is 0 Å².